The van der Waals surface area contributed by atoms with Crippen LogP contribution in [0.2, 0.25) is 0 Å². The minimum atomic E-state index is -2.53. The predicted molar refractivity (Wildman–Crippen MR) is 114 cm³/mol. The van der Waals surface area contributed by atoms with Gasteiger partial charge in [-0.3, -0.25) is 9.69 Å². The molecular weight excluding hydrogens is 400 g/mol. The Labute approximate surface area is 181 Å². The highest BCUT2D eigenvalue weighted by Crippen LogP contribution is 2.43. The topological polar surface area (TPSA) is 61.7 Å². The zero-order valence-electron chi connectivity index (χ0n) is 18.2. The molecule has 8 heteroatoms. The number of nitrogens with zero attached hydrogens (tertiary/aromatic N) is 3. The summed E-state index contributed by atoms with van der Waals surface area (Å²) in [6, 6.07) is 3.85. The molecule has 1 saturated heterocycles. The molecule has 2 aromatic heterocycles. The van der Waals surface area contributed by atoms with Crippen LogP contribution in [0.3, 0.4) is 0 Å². The van der Waals surface area contributed by atoms with Crippen molar-refractivity contribution in [1.29, 1.82) is 0 Å². The van der Waals surface area contributed by atoms with Crippen molar-refractivity contribution in [3.05, 3.63) is 35.9 Å². The molecule has 0 spiro atoms. The Morgan fingerprint density at radius 1 is 1.35 bits per heavy atom. The summed E-state index contributed by atoms with van der Waals surface area (Å²) in [7, 11) is 0. The van der Waals surface area contributed by atoms with Gasteiger partial charge in [-0.15, -0.1) is 0 Å². The SMILES string of the molecule is CC(C)(NC(=O)[C@@H]1CNCCN1CC1CC(F)(F)C1)c1ncc2c(C3CC3)cccn12. The van der Waals surface area contributed by atoms with E-state index in [4.69, 9.17) is 0 Å². The fourth-order valence-electron chi connectivity index (χ4n) is 5.16. The maximum absolute atomic E-state index is 13.3. The quantitative estimate of drug-likeness (QED) is 0.739. The zero-order valence-corrected chi connectivity index (χ0v) is 18.2. The molecule has 0 radical (unpaired) electrons. The average Bonchev–Trinajstić information content (AvgIpc) is 3.43. The first kappa shape index (κ1) is 20.8. The van der Waals surface area contributed by atoms with Gasteiger partial charge in [0.15, 0.2) is 0 Å². The van der Waals surface area contributed by atoms with E-state index in [1.54, 1.807) is 0 Å². The highest BCUT2D eigenvalue weighted by molar-refractivity contribution is 5.83. The van der Waals surface area contributed by atoms with Crippen molar-refractivity contribution in [3.63, 3.8) is 0 Å². The zero-order chi connectivity index (χ0) is 21.8. The molecule has 3 heterocycles. The lowest BCUT2D eigenvalue weighted by atomic mass is 9.80. The van der Waals surface area contributed by atoms with Crippen LogP contribution < -0.4 is 10.6 Å². The van der Waals surface area contributed by atoms with Gasteiger partial charge < -0.3 is 15.0 Å². The van der Waals surface area contributed by atoms with Crippen LogP contribution in [0.15, 0.2) is 24.5 Å². The normalized spacial score (nSPS) is 24.8. The fraction of sp³-hybridized carbons (Fsp3) is 0.652. The van der Waals surface area contributed by atoms with E-state index < -0.39 is 11.5 Å². The molecule has 2 aliphatic carbocycles. The van der Waals surface area contributed by atoms with Gasteiger partial charge >= 0.3 is 0 Å². The molecule has 1 aliphatic heterocycles. The van der Waals surface area contributed by atoms with Crippen LogP contribution in [0.5, 0.6) is 0 Å². The van der Waals surface area contributed by atoms with Crippen molar-refractivity contribution in [2.45, 2.75) is 63.0 Å². The van der Waals surface area contributed by atoms with Gasteiger partial charge in [0.25, 0.3) is 0 Å². The van der Waals surface area contributed by atoms with Crippen LogP contribution in [0, 0.1) is 5.92 Å². The highest BCUT2D eigenvalue weighted by Gasteiger charge is 2.46. The Hall–Kier alpha value is -2.06. The summed E-state index contributed by atoms with van der Waals surface area (Å²) in [6.07, 6.45) is 6.21. The number of piperazine rings is 1. The van der Waals surface area contributed by atoms with Gasteiger partial charge in [-0.05, 0) is 50.2 Å². The van der Waals surface area contributed by atoms with Gasteiger partial charge in [0.1, 0.15) is 11.9 Å². The second-order valence-electron chi connectivity index (χ2n) is 10.0. The van der Waals surface area contributed by atoms with Gasteiger partial charge in [-0.25, -0.2) is 13.8 Å². The van der Waals surface area contributed by atoms with Crippen molar-refractivity contribution >= 4 is 11.4 Å². The number of carbonyl (C=O) groups excluding carboxylic acids is 1. The van der Waals surface area contributed by atoms with Gasteiger partial charge in [-0.2, -0.15) is 0 Å². The highest BCUT2D eigenvalue weighted by atomic mass is 19.3. The maximum atomic E-state index is 13.3. The molecule has 2 saturated carbocycles. The number of hydrogen-bond donors (Lipinski definition) is 2. The number of fused-ring (bicyclic) bond motifs is 1. The summed E-state index contributed by atoms with van der Waals surface area (Å²) in [5.74, 6) is -1.23. The lowest BCUT2D eigenvalue weighted by Crippen LogP contribution is -2.61. The third kappa shape index (κ3) is 4.07. The molecular formula is C23H31F2N5O. The van der Waals surface area contributed by atoms with Crippen LogP contribution in [0.4, 0.5) is 8.78 Å². The van der Waals surface area contributed by atoms with E-state index in [0.29, 0.717) is 25.6 Å². The third-order valence-corrected chi connectivity index (χ3v) is 6.94. The molecule has 1 atom stereocenters. The molecule has 6 nitrogen and oxygen atoms in total. The number of rotatable bonds is 6. The van der Waals surface area contributed by atoms with Crippen LogP contribution in [0.1, 0.15) is 56.8 Å². The van der Waals surface area contributed by atoms with Crippen molar-refractivity contribution in [2.24, 2.45) is 5.92 Å². The lowest BCUT2D eigenvalue weighted by molar-refractivity contribution is -0.134. The monoisotopic (exact) mass is 431 g/mol. The van der Waals surface area contributed by atoms with Gasteiger partial charge in [0.05, 0.1) is 17.3 Å². The van der Waals surface area contributed by atoms with Crippen molar-refractivity contribution in [1.82, 2.24) is 24.9 Å². The van der Waals surface area contributed by atoms with Crippen LogP contribution >= 0.6 is 0 Å². The number of nitrogens with one attached hydrogen (secondary N) is 2. The molecule has 31 heavy (non-hydrogen) atoms. The number of pyridine rings is 1. The van der Waals surface area contributed by atoms with E-state index in [9.17, 15) is 13.6 Å². The first-order chi connectivity index (χ1) is 14.7. The number of alkyl halides is 2. The molecule has 168 valence electrons. The molecule has 2 aromatic rings. The number of imidazole rings is 1. The fourth-order valence-corrected chi connectivity index (χ4v) is 5.16. The maximum Gasteiger partial charge on any atom is 0.248 e. The third-order valence-electron chi connectivity index (χ3n) is 6.94. The average molecular weight is 432 g/mol. The van der Waals surface area contributed by atoms with E-state index in [1.807, 2.05) is 32.3 Å². The van der Waals surface area contributed by atoms with E-state index in [0.717, 1.165) is 17.9 Å². The number of aromatic nitrogens is 2. The van der Waals surface area contributed by atoms with Crippen molar-refractivity contribution in [3.8, 4) is 0 Å². The molecule has 2 N–H and O–H groups in total. The summed E-state index contributed by atoms with van der Waals surface area (Å²) in [5, 5.41) is 6.47. The van der Waals surface area contributed by atoms with Gasteiger partial charge in [0.2, 0.25) is 11.8 Å². The Bertz CT molecular complexity index is 976. The molecule has 5 rings (SSSR count). The van der Waals surface area contributed by atoms with E-state index >= 15 is 0 Å². The van der Waals surface area contributed by atoms with Crippen LogP contribution in [-0.2, 0) is 10.3 Å². The predicted octanol–water partition coefficient (Wildman–Crippen LogP) is 2.88. The van der Waals surface area contributed by atoms with E-state index in [1.165, 1.54) is 18.4 Å². The van der Waals surface area contributed by atoms with Crippen LogP contribution in [-0.4, -0.2) is 58.3 Å². The number of carbonyl (C=O) groups is 1. The molecule has 3 fully saturated rings. The molecule has 0 unspecified atom stereocenters. The molecule has 0 bridgehead atoms. The van der Waals surface area contributed by atoms with Crippen molar-refractivity contribution in [2.75, 3.05) is 26.2 Å². The summed E-state index contributed by atoms with van der Waals surface area (Å²) < 4.78 is 28.6. The van der Waals surface area contributed by atoms with Crippen LogP contribution in [0.25, 0.3) is 5.52 Å². The minimum absolute atomic E-state index is 0.0338. The smallest absolute Gasteiger partial charge is 0.248 e. The summed E-state index contributed by atoms with van der Waals surface area (Å²) in [6.45, 7) is 6.47. The number of amides is 1. The lowest BCUT2D eigenvalue weighted by Gasteiger charge is -2.42. The molecule has 1 amide bonds. The number of halogens is 2. The van der Waals surface area contributed by atoms with E-state index in [-0.39, 0.29) is 30.7 Å². The molecule has 3 aliphatic rings. The summed E-state index contributed by atoms with van der Waals surface area (Å²) in [4.78, 5) is 20.0. The van der Waals surface area contributed by atoms with Crippen molar-refractivity contribution < 1.29 is 13.6 Å². The van der Waals surface area contributed by atoms with Gasteiger partial charge in [-0.1, -0.05) is 6.07 Å². The second-order valence-corrected chi connectivity index (χ2v) is 10.0. The first-order valence-electron chi connectivity index (χ1n) is 11.3. The summed E-state index contributed by atoms with van der Waals surface area (Å²) >= 11 is 0. The standard InChI is InChI=1S/C23H31F2N5O/c1-22(2,21-27-13-18-17(16-5-6-16)4-3-8-30(18)21)28-20(31)19-12-26-7-9-29(19)14-15-10-23(24,25)11-15/h3-4,8,13,15-16,19,26H,5-7,9-12,14H2,1-2H3,(H,28,31)/t19-/m0/s1. The first-order valence-corrected chi connectivity index (χ1v) is 11.3. The van der Waals surface area contributed by atoms with Gasteiger partial charge in [0, 0.05) is 45.2 Å². The molecule has 0 aromatic carbocycles. The van der Waals surface area contributed by atoms with E-state index in [2.05, 4.69) is 31.0 Å². The number of hydrogen-bond acceptors (Lipinski definition) is 4. The minimum Gasteiger partial charge on any atom is -0.343 e. The Morgan fingerprint density at radius 3 is 2.84 bits per heavy atom. The Balaban J connectivity index is 1.31. The summed E-state index contributed by atoms with van der Waals surface area (Å²) in [5.41, 5.74) is 1.76. The largest absolute Gasteiger partial charge is 0.343 e. The Morgan fingerprint density at radius 2 is 2.13 bits per heavy atom. The second kappa shape index (κ2) is 7.52. The Kier molecular flexibility index (Phi) is 5.05.